The van der Waals surface area contributed by atoms with Crippen molar-refractivity contribution in [2.75, 3.05) is 14.2 Å². The van der Waals surface area contributed by atoms with Gasteiger partial charge in [-0.2, -0.15) is 0 Å². The lowest BCUT2D eigenvalue weighted by Gasteiger charge is -2.37. The van der Waals surface area contributed by atoms with Crippen LogP contribution in [0.3, 0.4) is 0 Å². The summed E-state index contributed by atoms with van der Waals surface area (Å²) in [6, 6.07) is 0. The van der Waals surface area contributed by atoms with E-state index in [4.69, 9.17) is 0 Å². The molecule has 1 fully saturated rings. The molecule has 1 saturated carbocycles. The largest absolute Gasteiger partial charge is 0.275 e. The van der Waals surface area contributed by atoms with Crippen LogP contribution in [0, 0.1) is 11.8 Å². The SMILES string of the molecule is CON(C)C(=O)C1CC(C(F)C(F)F)C1. The van der Waals surface area contributed by atoms with Crippen LogP contribution in [-0.4, -0.2) is 37.7 Å². The first kappa shape index (κ1) is 12.3. The van der Waals surface area contributed by atoms with Gasteiger partial charge in [0, 0.05) is 13.0 Å². The maximum absolute atomic E-state index is 12.8. The van der Waals surface area contributed by atoms with Crippen molar-refractivity contribution in [3.63, 3.8) is 0 Å². The molecule has 0 bridgehead atoms. The molecule has 3 nitrogen and oxygen atoms in total. The van der Waals surface area contributed by atoms with Crippen molar-refractivity contribution in [2.45, 2.75) is 25.4 Å². The van der Waals surface area contributed by atoms with E-state index in [1.54, 1.807) is 0 Å². The van der Waals surface area contributed by atoms with Crippen LogP contribution in [0.1, 0.15) is 12.8 Å². The second-order valence-electron chi connectivity index (χ2n) is 3.73. The van der Waals surface area contributed by atoms with Gasteiger partial charge in [0.25, 0.3) is 6.43 Å². The summed E-state index contributed by atoms with van der Waals surface area (Å²) in [5.41, 5.74) is 0. The number of rotatable bonds is 4. The molecule has 1 unspecified atom stereocenters. The third kappa shape index (κ3) is 2.62. The molecular formula is C9H14F3NO2. The third-order valence-corrected chi connectivity index (χ3v) is 2.80. The standard InChI is InChI=1S/C9H14F3NO2/c1-13(15-2)9(14)6-3-5(4-6)7(10)8(11)12/h5-8H,3-4H2,1-2H3. The number of hydrogen-bond acceptors (Lipinski definition) is 2. The van der Waals surface area contributed by atoms with Gasteiger partial charge in [-0.15, -0.1) is 0 Å². The smallest absolute Gasteiger partial charge is 0.269 e. The average Bonchev–Trinajstić information content (AvgIpc) is 2.13. The first-order valence-electron chi connectivity index (χ1n) is 4.71. The number of hydroxylamine groups is 2. The van der Waals surface area contributed by atoms with Crippen molar-refractivity contribution in [1.29, 1.82) is 0 Å². The number of carbonyl (C=O) groups is 1. The van der Waals surface area contributed by atoms with Gasteiger partial charge in [0.1, 0.15) is 0 Å². The number of carbonyl (C=O) groups excluding carboxylic acids is 1. The van der Waals surface area contributed by atoms with Gasteiger partial charge in [-0.1, -0.05) is 0 Å². The van der Waals surface area contributed by atoms with Crippen molar-refractivity contribution < 1.29 is 22.8 Å². The van der Waals surface area contributed by atoms with Gasteiger partial charge in [0.15, 0.2) is 6.17 Å². The Morgan fingerprint density at radius 2 is 1.93 bits per heavy atom. The summed E-state index contributed by atoms with van der Waals surface area (Å²) in [5, 5.41) is 1.04. The molecule has 0 spiro atoms. The summed E-state index contributed by atoms with van der Waals surface area (Å²) in [5.74, 6) is -1.35. The summed E-state index contributed by atoms with van der Waals surface area (Å²) in [6.45, 7) is 0. The lowest BCUT2D eigenvalue weighted by molar-refractivity contribution is -0.179. The van der Waals surface area contributed by atoms with Crippen molar-refractivity contribution in [3.05, 3.63) is 0 Å². The molecule has 0 N–H and O–H groups in total. The minimum Gasteiger partial charge on any atom is -0.275 e. The number of alkyl halides is 3. The first-order chi connectivity index (χ1) is 6.97. The summed E-state index contributed by atoms with van der Waals surface area (Å²) in [6.07, 6.45) is -4.70. The Morgan fingerprint density at radius 3 is 2.33 bits per heavy atom. The fraction of sp³-hybridized carbons (Fsp3) is 0.889. The zero-order valence-corrected chi connectivity index (χ0v) is 8.62. The monoisotopic (exact) mass is 225 g/mol. The van der Waals surface area contributed by atoms with Crippen molar-refractivity contribution in [1.82, 2.24) is 5.06 Å². The predicted molar refractivity (Wildman–Crippen MR) is 46.9 cm³/mol. The fourth-order valence-corrected chi connectivity index (χ4v) is 1.68. The van der Waals surface area contributed by atoms with E-state index in [0.29, 0.717) is 0 Å². The molecular weight excluding hydrogens is 211 g/mol. The molecule has 1 aliphatic rings. The van der Waals surface area contributed by atoms with E-state index in [1.807, 2.05) is 0 Å². The molecule has 88 valence electrons. The van der Waals surface area contributed by atoms with Gasteiger partial charge in [0.05, 0.1) is 7.11 Å². The van der Waals surface area contributed by atoms with Crippen LogP contribution in [0.15, 0.2) is 0 Å². The minimum absolute atomic E-state index is 0.179. The maximum atomic E-state index is 12.8. The van der Waals surface area contributed by atoms with Crippen LogP contribution in [0.4, 0.5) is 13.2 Å². The van der Waals surface area contributed by atoms with Gasteiger partial charge < -0.3 is 0 Å². The van der Waals surface area contributed by atoms with Crippen LogP contribution in [-0.2, 0) is 9.63 Å². The number of nitrogens with zero attached hydrogens (tertiary/aromatic N) is 1. The molecule has 0 aromatic carbocycles. The molecule has 1 rings (SSSR count). The van der Waals surface area contributed by atoms with E-state index >= 15 is 0 Å². The predicted octanol–water partition coefficient (Wildman–Crippen LogP) is 1.64. The van der Waals surface area contributed by atoms with Gasteiger partial charge in [-0.25, -0.2) is 18.2 Å². The van der Waals surface area contributed by atoms with E-state index in [1.165, 1.54) is 14.2 Å². The topological polar surface area (TPSA) is 29.5 Å². The van der Waals surface area contributed by atoms with Crippen molar-refractivity contribution >= 4 is 5.91 Å². The average molecular weight is 225 g/mol. The van der Waals surface area contributed by atoms with Crippen LogP contribution in [0.5, 0.6) is 0 Å². The molecule has 0 aromatic heterocycles. The second kappa shape index (κ2) is 4.83. The highest BCUT2D eigenvalue weighted by Crippen LogP contribution is 2.40. The Bertz CT molecular complexity index is 231. The van der Waals surface area contributed by atoms with Crippen LogP contribution < -0.4 is 0 Å². The highest BCUT2D eigenvalue weighted by Gasteiger charge is 2.43. The number of halogens is 3. The lowest BCUT2D eigenvalue weighted by Crippen LogP contribution is -2.43. The Kier molecular flexibility index (Phi) is 3.96. The molecule has 0 aliphatic heterocycles. The van der Waals surface area contributed by atoms with E-state index in [-0.39, 0.29) is 24.7 Å². The Morgan fingerprint density at radius 1 is 1.40 bits per heavy atom. The molecule has 0 saturated heterocycles. The van der Waals surface area contributed by atoms with E-state index < -0.39 is 18.5 Å². The minimum atomic E-state index is -2.95. The summed E-state index contributed by atoms with van der Waals surface area (Å²) in [7, 11) is 2.78. The Hall–Kier alpha value is -0.780. The van der Waals surface area contributed by atoms with E-state index in [2.05, 4.69) is 4.84 Å². The molecule has 1 aliphatic carbocycles. The van der Waals surface area contributed by atoms with Crippen LogP contribution in [0.25, 0.3) is 0 Å². The van der Waals surface area contributed by atoms with E-state index in [9.17, 15) is 18.0 Å². The molecule has 0 radical (unpaired) electrons. The second-order valence-corrected chi connectivity index (χ2v) is 3.73. The molecule has 0 aromatic rings. The first-order valence-corrected chi connectivity index (χ1v) is 4.71. The van der Waals surface area contributed by atoms with Gasteiger partial charge in [-0.05, 0) is 18.8 Å². The normalized spacial score (nSPS) is 27.3. The zero-order valence-electron chi connectivity index (χ0n) is 8.62. The zero-order chi connectivity index (χ0) is 11.6. The summed E-state index contributed by atoms with van der Waals surface area (Å²) >= 11 is 0. The molecule has 1 amide bonds. The maximum Gasteiger partial charge on any atom is 0.269 e. The van der Waals surface area contributed by atoms with Crippen molar-refractivity contribution in [2.24, 2.45) is 11.8 Å². The van der Waals surface area contributed by atoms with Crippen molar-refractivity contribution in [3.8, 4) is 0 Å². The lowest BCUT2D eigenvalue weighted by atomic mass is 9.72. The van der Waals surface area contributed by atoms with Crippen LogP contribution >= 0.6 is 0 Å². The van der Waals surface area contributed by atoms with Crippen LogP contribution in [0.2, 0.25) is 0 Å². The van der Waals surface area contributed by atoms with E-state index in [0.717, 1.165) is 5.06 Å². The quantitative estimate of drug-likeness (QED) is 0.681. The third-order valence-electron chi connectivity index (χ3n) is 2.80. The highest BCUT2D eigenvalue weighted by atomic mass is 19.3. The fourth-order valence-electron chi connectivity index (χ4n) is 1.68. The molecule has 6 heteroatoms. The highest BCUT2D eigenvalue weighted by molar-refractivity contribution is 5.78. The molecule has 15 heavy (non-hydrogen) atoms. The Balaban J connectivity index is 2.34. The number of hydrogen-bond donors (Lipinski definition) is 0. The van der Waals surface area contributed by atoms with Gasteiger partial charge in [-0.3, -0.25) is 9.63 Å². The summed E-state index contributed by atoms with van der Waals surface area (Å²) < 4.78 is 36.7. The molecule has 1 atom stereocenters. The summed E-state index contributed by atoms with van der Waals surface area (Å²) in [4.78, 5) is 16.0. The van der Waals surface area contributed by atoms with Gasteiger partial charge >= 0.3 is 0 Å². The number of amides is 1. The van der Waals surface area contributed by atoms with Gasteiger partial charge in [0.2, 0.25) is 5.91 Å². The molecule has 0 heterocycles. The Labute approximate surface area is 86.1 Å².